The van der Waals surface area contributed by atoms with Gasteiger partial charge in [0.05, 0.1) is 5.69 Å². The molecule has 1 aliphatic carbocycles. The molecule has 0 amide bonds. The monoisotopic (exact) mass is 287 g/mol. The van der Waals surface area contributed by atoms with Gasteiger partial charge in [0.1, 0.15) is 5.82 Å². The molecular formula is C16H25N5. The van der Waals surface area contributed by atoms with Crippen LogP contribution in [-0.2, 0) is 0 Å². The average molecular weight is 287 g/mol. The highest BCUT2D eigenvalue weighted by atomic mass is 15.3. The number of nitrogens with one attached hydrogen (secondary N) is 1. The average Bonchev–Trinajstić information content (AvgIpc) is 3.09. The van der Waals surface area contributed by atoms with Crippen molar-refractivity contribution in [3.63, 3.8) is 0 Å². The zero-order valence-corrected chi connectivity index (χ0v) is 12.6. The van der Waals surface area contributed by atoms with Gasteiger partial charge in [-0.15, -0.1) is 0 Å². The van der Waals surface area contributed by atoms with Crippen LogP contribution >= 0.6 is 0 Å². The first-order valence-corrected chi connectivity index (χ1v) is 8.42. The molecule has 0 spiro atoms. The second-order valence-electron chi connectivity index (χ2n) is 6.86. The van der Waals surface area contributed by atoms with Crippen LogP contribution in [0.15, 0.2) is 6.07 Å². The molecule has 3 aliphatic rings. The van der Waals surface area contributed by atoms with Crippen molar-refractivity contribution in [2.24, 2.45) is 5.92 Å². The largest absolute Gasteiger partial charge is 0.368 e. The first kappa shape index (κ1) is 13.3. The van der Waals surface area contributed by atoms with Crippen molar-refractivity contribution < 1.29 is 0 Å². The Morgan fingerprint density at radius 3 is 2.76 bits per heavy atom. The summed E-state index contributed by atoms with van der Waals surface area (Å²) in [4.78, 5) is 11.4. The Kier molecular flexibility index (Phi) is 3.45. The molecule has 2 saturated heterocycles. The summed E-state index contributed by atoms with van der Waals surface area (Å²) < 4.78 is 0. The van der Waals surface area contributed by atoms with Crippen molar-refractivity contribution in [2.75, 3.05) is 30.3 Å². The maximum Gasteiger partial charge on any atom is 0.222 e. The number of rotatable bonds is 2. The summed E-state index contributed by atoms with van der Waals surface area (Å²) in [6.07, 6.45) is 7.80. The lowest BCUT2D eigenvalue weighted by Gasteiger charge is -2.24. The molecule has 21 heavy (non-hydrogen) atoms. The molecule has 1 saturated carbocycles. The maximum absolute atomic E-state index is 5.98. The van der Waals surface area contributed by atoms with Crippen LogP contribution in [0.25, 0.3) is 0 Å². The van der Waals surface area contributed by atoms with E-state index >= 15 is 0 Å². The van der Waals surface area contributed by atoms with Gasteiger partial charge in [0.2, 0.25) is 5.95 Å². The summed E-state index contributed by atoms with van der Waals surface area (Å²) in [6.45, 7) is 3.34. The van der Waals surface area contributed by atoms with Crippen molar-refractivity contribution in [3.8, 4) is 0 Å². The minimum Gasteiger partial charge on any atom is -0.368 e. The fourth-order valence-corrected chi connectivity index (χ4v) is 4.28. The first-order valence-electron chi connectivity index (χ1n) is 8.42. The number of nitrogens with zero attached hydrogens (tertiary/aromatic N) is 3. The van der Waals surface area contributed by atoms with Crippen molar-refractivity contribution in [2.45, 2.75) is 50.5 Å². The number of hydrogen-bond acceptors (Lipinski definition) is 5. The standard InChI is InChI=1S/C16H25N5/c17-16-19-13(11-4-2-1-3-5-11)8-15(20-16)21-9-12-6-7-18-14(12)10-21/h8,11-12,14,18H,1-7,9-10H2,(H2,17,19,20). The van der Waals surface area contributed by atoms with Gasteiger partial charge < -0.3 is 16.0 Å². The minimum absolute atomic E-state index is 0.443. The van der Waals surface area contributed by atoms with Crippen LogP contribution in [-0.4, -0.2) is 35.6 Å². The maximum atomic E-state index is 5.98. The number of aromatic nitrogens is 2. The van der Waals surface area contributed by atoms with Crippen molar-refractivity contribution in [1.29, 1.82) is 0 Å². The van der Waals surface area contributed by atoms with Gasteiger partial charge in [-0.3, -0.25) is 0 Å². The van der Waals surface area contributed by atoms with Crippen LogP contribution in [0.1, 0.15) is 50.1 Å². The lowest BCUT2D eigenvalue weighted by molar-refractivity contribution is 0.436. The molecule has 0 aromatic carbocycles. The van der Waals surface area contributed by atoms with Gasteiger partial charge in [-0.25, -0.2) is 4.98 Å². The highest BCUT2D eigenvalue weighted by Gasteiger charge is 2.36. The van der Waals surface area contributed by atoms with Gasteiger partial charge in [-0.1, -0.05) is 19.3 Å². The molecule has 1 aromatic rings. The second-order valence-corrected chi connectivity index (χ2v) is 6.86. The summed E-state index contributed by atoms with van der Waals surface area (Å²) in [6, 6.07) is 2.84. The third-order valence-corrected chi connectivity index (χ3v) is 5.46. The van der Waals surface area contributed by atoms with Crippen molar-refractivity contribution in [3.05, 3.63) is 11.8 Å². The van der Waals surface area contributed by atoms with Gasteiger partial charge in [-0.05, 0) is 31.7 Å². The zero-order chi connectivity index (χ0) is 14.2. The van der Waals surface area contributed by atoms with E-state index in [1.54, 1.807) is 0 Å². The van der Waals surface area contributed by atoms with Gasteiger partial charge in [0, 0.05) is 31.1 Å². The quantitative estimate of drug-likeness (QED) is 0.869. The lowest BCUT2D eigenvalue weighted by atomic mass is 9.87. The summed E-state index contributed by atoms with van der Waals surface area (Å²) in [7, 11) is 0. The predicted octanol–water partition coefficient (Wildman–Crippen LogP) is 1.90. The number of hydrogen-bond donors (Lipinski definition) is 2. The van der Waals surface area contributed by atoms with E-state index in [1.165, 1.54) is 50.8 Å². The Bertz CT molecular complexity index is 499. The first-order chi connectivity index (χ1) is 10.3. The van der Waals surface area contributed by atoms with Gasteiger partial charge >= 0.3 is 0 Å². The second kappa shape index (κ2) is 5.44. The van der Waals surface area contributed by atoms with E-state index in [0.29, 0.717) is 17.9 Å². The van der Waals surface area contributed by atoms with E-state index in [9.17, 15) is 0 Å². The van der Waals surface area contributed by atoms with Crippen molar-refractivity contribution >= 4 is 11.8 Å². The van der Waals surface area contributed by atoms with Gasteiger partial charge in [0.15, 0.2) is 0 Å². The Labute approximate surface area is 126 Å². The normalized spacial score (nSPS) is 29.8. The van der Waals surface area contributed by atoms with E-state index in [2.05, 4.69) is 26.3 Å². The van der Waals surface area contributed by atoms with Crippen LogP contribution in [0.5, 0.6) is 0 Å². The predicted molar refractivity (Wildman–Crippen MR) is 84.4 cm³/mol. The molecular weight excluding hydrogens is 262 g/mol. The molecule has 0 radical (unpaired) electrons. The Hall–Kier alpha value is -1.36. The van der Waals surface area contributed by atoms with E-state index in [4.69, 9.17) is 5.73 Å². The molecule has 2 aliphatic heterocycles. The fraction of sp³-hybridized carbons (Fsp3) is 0.750. The molecule has 1 aromatic heterocycles. The highest BCUT2D eigenvalue weighted by molar-refractivity contribution is 5.46. The molecule has 3 fully saturated rings. The van der Waals surface area contributed by atoms with E-state index in [-0.39, 0.29) is 0 Å². The summed E-state index contributed by atoms with van der Waals surface area (Å²) >= 11 is 0. The number of fused-ring (bicyclic) bond motifs is 1. The molecule has 3 heterocycles. The number of nitrogens with two attached hydrogens (primary N) is 1. The summed E-state index contributed by atoms with van der Waals surface area (Å²) in [5, 5.41) is 3.59. The topological polar surface area (TPSA) is 67.1 Å². The van der Waals surface area contributed by atoms with E-state index in [0.717, 1.165) is 24.8 Å². The van der Waals surface area contributed by atoms with E-state index in [1.807, 2.05) is 0 Å². The third kappa shape index (κ3) is 2.59. The van der Waals surface area contributed by atoms with Crippen molar-refractivity contribution in [1.82, 2.24) is 15.3 Å². The summed E-state index contributed by atoms with van der Waals surface area (Å²) in [5.41, 5.74) is 7.15. The Morgan fingerprint density at radius 2 is 1.95 bits per heavy atom. The fourth-order valence-electron chi connectivity index (χ4n) is 4.28. The SMILES string of the molecule is Nc1nc(C2CCCCC2)cc(N2CC3CCNC3C2)n1. The molecule has 3 N–H and O–H groups in total. The molecule has 0 bridgehead atoms. The molecule has 5 heteroatoms. The third-order valence-electron chi connectivity index (χ3n) is 5.46. The molecule has 4 rings (SSSR count). The van der Waals surface area contributed by atoms with Crippen LogP contribution in [0, 0.1) is 5.92 Å². The van der Waals surface area contributed by atoms with Crippen LogP contribution < -0.4 is 16.0 Å². The highest BCUT2D eigenvalue weighted by Crippen LogP contribution is 2.34. The molecule has 2 atom stereocenters. The van der Waals surface area contributed by atoms with Crippen LogP contribution in [0.2, 0.25) is 0 Å². The van der Waals surface area contributed by atoms with Gasteiger partial charge in [-0.2, -0.15) is 4.98 Å². The lowest BCUT2D eigenvalue weighted by Crippen LogP contribution is -2.30. The zero-order valence-electron chi connectivity index (χ0n) is 12.6. The number of anilines is 2. The minimum atomic E-state index is 0.443. The van der Waals surface area contributed by atoms with Crippen LogP contribution in [0.4, 0.5) is 11.8 Å². The van der Waals surface area contributed by atoms with Gasteiger partial charge in [0.25, 0.3) is 0 Å². The number of nitrogen functional groups attached to an aromatic ring is 1. The Balaban J connectivity index is 1.56. The molecule has 2 unspecified atom stereocenters. The van der Waals surface area contributed by atoms with E-state index < -0.39 is 0 Å². The van der Waals surface area contributed by atoms with Crippen LogP contribution in [0.3, 0.4) is 0 Å². The molecule has 5 nitrogen and oxygen atoms in total. The molecule has 114 valence electrons. The smallest absolute Gasteiger partial charge is 0.222 e. The summed E-state index contributed by atoms with van der Waals surface area (Å²) in [5.74, 6) is 2.85. The Morgan fingerprint density at radius 1 is 1.10 bits per heavy atom.